The summed E-state index contributed by atoms with van der Waals surface area (Å²) in [7, 11) is 0. The van der Waals surface area contributed by atoms with E-state index in [1.165, 1.54) is 34.7 Å². The number of hydrogen-bond acceptors (Lipinski definition) is 7. The lowest BCUT2D eigenvalue weighted by Crippen LogP contribution is -2.35. The normalized spacial score (nSPS) is 22.4. The third kappa shape index (κ3) is 4.11. The number of para-hydroxylation sites is 1. The molecule has 2 atom stereocenters. The van der Waals surface area contributed by atoms with Crippen molar-refractivity contribution in [2.45, 2.75) is 44.7 Å². The van der Waals surface area contributed by atoms with Crippen LogP contribution >= 0.6 is 35.3 Å². The number of rotatable bonds is 5. The Bertz CT molecular complexity index is 1660. The highest BCUT2D eigenvalue weighted by atomic mass is 32.2. The van der Waals surface area contributed by atoms with Gasteiger partial charge in [0.15, 0.2) is 0 Å². The largest absolute Gasteiger partial charge is 0.480 e. The van der Waals surface area contributed by atoms with Crippen LogP contribution in [0.1, 0.15) is 43.2 Å². The number of thioether (sulfide) groups is 1. The summed E-state index contributed by atoms with van der Waals surface area (Å²) in [5.74, 6) is -1.14. The van der Waals surface area contributed by atoms with Crippen molar-refractivity contribution in [2.24, 2.45) is 0 Å². The van der Waals surface area contributed by atoms with Gasteiger partial charge in [-0.05, 0) is 61.2 Å². The number of carbonyl (C=O) groups is 2. The van der Waals surface area contributed by atoms with Crippen molar-refractivity contribution in [3.8, 4) is 0 Å². The van der Waals surface area contributed by atoms with Crippen LogP contribution in [0.25, 0.3) is 11.0 Å². The molecule has 194 valence electrons. The minimum absolute atomic E-state index is 0.166. The smallest absolute Gasteiger partial charge is 0.323 e. The van der Waals surface area contributed by atoms with Crippen molar-refractivity contribution in [1.82, 2.24) is 9.47 Å². The van der Waals surface area contributed by atoms with E-state index < -0.39 is 18.4 Å². The number of aliphatic carboxylic acids is 1. The van der Waals surface area contributed by atoms with Crippen LogP contribution in [0.15, 0.2) is 53.3 Å². The summed E-state index contributed by atoms with van der Waals surface area (Å²) < 4.78 is 2.81. The van der Waals surface area contributed by atoms with E-state index in [4.69, 9.17) is 17.3 Å². The first-order chi connectivity index (χ1) is 18.4. The number of carbonyl (C=O) groups excluding carboxylic acids is 1. The molecule has 2 fully saturated rings. The third-order valence-corrected chi connectivity index (χ3v) is 10.1. The van der Waals surface area contributed by atoms with E-state index in [1.54, 1.807) is 4.57 Å². The molecule has 1 aliphatic carbocycles. The molecule has 2 aromatic carbocycles. The molecule has 1 N–H and O–H groups in total. The zero-order valence-electron chi connectivity index (χ0n) is 20.6. The number of anilines is 2. The van der Waals surface area contributed by atoms with E-state index in [2.05, 4.69) is 47.4 Å². The monoisotopic (exact) mass is 563 g/mol. The average Bonchev–Trinajstić information content (AvgIpc) is 3.64. The van der Waals surface area contributed by atoms with Gasteiger partial charge in [-0.1, -0.05) is 54.7 Å². The highest BCUT2D eigenvalue weighted by Gasteiger charge is 2.42. The molecule has 7 nitrogen and oxygen atoms in total. The molecule has 0 spiro atoms. The molecule has 0 bridgehead atoms. The SMILES string of the molecule is CCn1c(=O)/c(=C/c2ccc3c(c2)C2CCCC2N3c2ccccc2)s/c1=C1\SC(=S)N(CC(=O)O)C1=O. The number of aromatic nitrogens is 1. The fraction of sp³-hybridized carbons (Fsp3) is 0.286. The van der Waals surface area contributed by atoms with E-state index in [9.17, 15) is 14.4 Å². The highest BCUT2D eigenvalue weighted by molar-refractivity contribution is 8.30. The minimum atomic E-state index is -1.14. The second kappa shape index (κ2) is 9.83. The molecule has 1 aromatic heterocycles. The summed E-state index contributed by atoms with van der Waals surface area (Å²) in [6, 6.07) is 17.4. The van der Waals surface area contributed by atoms with Crippen molar-refractivity contribution in [3.63, 3.8) is 0 Å². The lowest BCUT2D eigenvalue weighted by atomic mass is 9.96. The van der Waals surface area contributed by atoms with Crippen molar-refractivity contribution in [2.75, 3.05) is 11.4 Å². The quantitative estimate of drug-likeness (QED) is 0.475. The van der Waals surface area contributed by atoms with Gasteiger partial charge in [0.1, 0.15) is 20.4 Å². The number of amides is 1. The Morgan fingerprint density at radius 1 is 1.16 bits per heavy atom. The Morgan fingerprint density at radius 3 is 2.68 bits per heavy atom. The number of carboxylic acids is 1. The molecule has 1 saturated heterocycles. The van der Waals surface area contributed by atoms with Gasteiger partial charge < -0.3 is 10.0 Å². The van der Waals surface area contributed by atoms with E-state index >= 15 is 0 Å². The Kier molecular flexibility index (Phi) is 6.49. The second-order valence-electron chi connectivity index (χ2n) is 9.58. The van der Waals surface area contributed by atoms with E-state index in [0.29, 0.717) is 32.6 Å². The second-order valence-corrected chi connectivity index (χ2v) is 12.3. The standard InChI is InChI=1S/C28H25N3O4S3/c1-2-29-25(34)22(37-27(29)24-26(35)30(15-23(32)33)28(36)38-24)14-16-11-12-21-19(13-16)18-9-6-10-20(18)31(21)17-7-4-3-5-8-17/h3-5,7-8,11-14,18,20H,2,6,9-10,15H2,1H3,(H,32,33)/b22-14-,27-24-. The van der Waals surface area contributed by atoms with Crippen molar-refractivity contribution < 1.29 is 14.7 Å². The minimum Gasteiger partial charge on any atom is -0.480 e. The molecule has 1 amide bonds. The van der Waals surface area contributed by atoms with Crippen molar-refractivity contribution in [3.05, 3.63) is 79.2 Å². The number of thiazole rings is 1. The molecule has 38 heavy (non-hydrogen) atoms. The first-order valence-electron chi connectivity index (χ1n) is 12.6. The van der Waals surface area contributed by atoms with E-state index in [0.717, 1.165) is 35.1 Å². The van der Waals surface area contributed by atoms with E-state index in [1.807, 2.05) is 19.1 Å². The first kappa shape index (κ1) is 25.1. The molecule has 2 unspecified atom stereocenters. The number of nitrogens with zero attached hydrogens (tertiary/aromatic N) is 3. The van der Waals surface area contributed by atoms with Crippen LogP contribution in [0.3, 0.4) is 0 Å². The van der Waals surface area contributed by atoms with Gasteiger partial charge in [0.2, 0.25) is 0 Å². The Labute approximate surface area is 232 Å². The van der Waals surface area contributed by atoms with Crippen LogP contribution in [-0.4, -0.2) is 43.4 Å². The molecule has 3 aliphatic rings. The summed E-state index contributed by atoms with van der Waals surface area (Å²) >= 11 is 7.56. The Balaban J connectivity index is 1.43. The predicted octanol–water partition coefficient (Wildman–Crippen LogP) is 3.60. The van der Waals surface area contributed by atoms with Crippen LogP contribution in [0, 0.1) is 0 Å². The molecule has 1 saturated carbocycles. The maximum Gasteiger partial charge on any atom is 0.323 e. The first-order valence-corrected chi connectivity index (χ1v) is 14.6. The van der Waals surface area contributed by atoms with Gasteiger partial charge in [0.25, 0.3) is 11.5 Å². The maximum atomic E-state index is 13.3. The molecule has 0 radical (unpaired) electrons. The molecular weight excluding hydrogens is 539 g/mol. The number of fused-ring (bicyclic) bond motifs is 3. The predicted molar refractivity (Wildman–Crippen MR) is 155 cm³/mol. The summed E-state index contributed by atoms with van der Waals surface area (Å²) in [6.45, 7) is 1.75. The summed E-state index contributed by atoms with van der Waals surface area (Å²) in [5.41, 5.74) is 4.55. The molecule has 10 heteroatoms. The number of carboxylic acid groups (broad SMARTS) is 1. The fourth-order valence-corrected chi connectivity index (χ4v) is 8.39. The fourth-order valence-electron chi connectivity index (χ4n) is 5.81. The molecule has 6 rings (SSSR count). The van der Waals surface area contributed by atoms with Gasteiger partial charge in [0, 0.05) is 29.9 Å². The third-order valence-electron chi connectivity index (χ3n) is 7.41. The van der Waals surface area contributed by atoms with Gasteiger partial charge in [-0.2, -0.15) is 0 Å². The average molecular weight is 564 g/mol. The molecule has 3 aromatic rings. The van der Waals surface area contributed by atoms with Gasteiger partial charge >= 0.3 is 5.97 Å². The Hall–Kier alpha value is -3.21. The lowest BCUT2D eigenvalue weighted by molar-refractivity contribution is -0.140. The highest BCUT2D eigenvalue weighted by Crippen LogP contribution is 2.52. The summed E-state index contributed by atoms with van der Waals surface area (Å²) in [5, 5.41) is 9.15. The zero-order chi connectivity index (χ0) is 26.6. The number of thiocarbonyl (C=S) groups is 1. The zero-order valence-corrected chi connectivity index (χ0v) is 23.1. The van der Waals surface area contributed by atoms with Gasteiger partial charge in [0.05, 0.1) is 4.53 Å². The summed E-state index contributed by atoms with van der Waals surface area (Å²) in [6.07, 6.45) is 5.41. The van der Waals surface area contributed by atoms with Crippen LogP contribution in [0.5, 0.6) is 0 Å². The van der Waals surface area contributed by atoms with Gasteiger partial charge in [-0.25, -0.2) is 0 Å². The van der Waals surface area contributed by atoms with Crippen molar-refractivity contribution in [1.29, 1.82) is 0 Å². The van der Waals surface area contributed by atoms with Crippen LogP contribution < -0.4 is 19.7 Å². The lowest BCUT2D eigenvalue weighted by Gasteiger charge is -2.27. The Morgan fingerprint density at radius 2 is 1.95 bits per heavy atom. The summed E-state index contributed by atoms with van der Waals surface area (Å²) in [4.78, 5) is 41.4. The van der Waals surface area contributed by atoms with Crippen LogP contribution in [0.2, 0.25) is 0 Å². The van der Waals surface area contributed by atoms with Crippen LogP contribution in [-0.2, 0) is 16.1 Å². The van der Waals surface area contributed by atoms with Gasteiger partial charge in [-0.3, -0.25) is 23.9 Å². The van der Waals surface area contributed by atoms with Crippen molar-refractivity contribution >= 4 is 73.9 Å². The van der Waals surface area contributed by atoms with E-state index in [-0.39, 0.29) is 9.88 Å². The molecular formula is C28H25N3O4S3. The maximum absolute atomic E-state index is 13.3. The topological polar surface area (TPSA) is 82.8 Å². The number of hydrogen-bond donors (Lipinski definition) is 1. The molecule has 3 heterocycles. The molecule has 2 aliphatic heterocycles. The van der Waals surface area contributed by atoms with Gasteiger partial charge in [-0.15, -0.1) is 11.3 Å². The van der Waals surface area contributed by atoms with Crippen LogP contribution in [0.4, 0.5) is 11.4 Å². The number of benzene rings is 2.